The molecule has 0 spiro atoms. The first-order chi connectivity index (χ1) is 10.1. The molecule has 0 aliphatic rings. The van der Waals surface area contributed by atoms with Crippen LogP contribution in [0.3, 0.4) is 0 Å². The highest BCUT2D eigenvalue weighted by Gasteiger charge is 2.11. The Morgan fingerprint density at radius 1 is 1.38 bits per heavy atom. The number of hydrazine groups is 1. The maximum absolute atomic E-state index is 11.4. The Bertz CT molecular complexity index is 597. The summed E-state index contributed by atoms with van der Waals surface area (Å²) in [4.78, 5) is 17.7. The van der Waals surface area contributed by atoms with Crippen molar-refractivity contribution < 1.29 is 9.53 Å². The molecule has 2 rings (SSSR count). The molecule has 0 fully saturated rings. The molecule has 1 aromatic heterocycles. The van der Waals surface area contributed by atoms with Crippen molar-refractivity contribution in [2.24, 2.45) is 5.84 Å². The van der Waals surface area contributed by atoms with Gasteiger partial charge in [-0.15, -0.1) is 11.3 Å². The molecule has 1 heterocycles. The Labute approximate surface area is 127 Å². The van der Waals surface area contributed by atoms with Crippen LogP contribution in [0.2, 0.25) is 0 Å². The normalized spacial score (nSPS) is 10.7. The number of amides is 1. The van der Waals surface area contributed by atoms with E-state index in [0.29, 0.717) is 11.6 Å². The highest BCUT2D eigenvalue weighted by molar-refractivity contribution is 7.11. The molecule has 1 aromatic carbocycles. The largest absolute Gasteiger partial charge is 0.497 e. The van der Waals surface area contributed by atoms with E-state index in [4.69, 9.17) is 10.6 Å². The van der Waals surface area contributed by atoms with Crippen LogP contribution in [0.1, 0.15) is 21.1 Å². The van der Waals surface area contributed by atoms with Gasteiger partial charge in [0.25, 0.3) is 5.91 Å². The molecule has 0 aliphatic carbocycles. The molecule has 0 atom stereocenters. The van der Waals surface area contributed by atoms with E-state index >= 15 is 0 Å². The van der Waals surface area contributed by atoms with Gasteiger partial charge in [0.15, 0.2) is 5.01 Å². The molecule has 6 nitrogen and oxygen atoms in total. The minimum Gasteiger partial charge on any atom is -0.497 e. The van der Waals surface area contributed by atoms with E-state index in [2.05, 4.69) is 15.3 Å². The number of carbonyl (C=O) groups excluding carboxylic acids is 1. The highest BCUT2D eigenvalue weighted by Crippen LogP contribution is 2.15. The second-order valence-electron chi connectivity index (χ2n) is 4.64. The van der Waals surface area contributed by atoms with Crippen LogP contribution in [0.15, 0.2) is 29.6 Å². The first-order valence-corrected chi connectivity index (χ1v) is 7.27. The second kappa shape index (κ2) is 7.16. The Kier molecular flexibility index (Phi) is 5.26. The third-order valence-electron chi connectivity index (χ3n) is 2.92. The zero-order valence-corrected chi connectivity index (χ0v) is 12.8. The van der Waals surface area contributed by atoms with E-state index in [0.717, 1.165) is 18.0 Å². The lowest BCUT2D eigenvalue weighted by atomic mass is 10.2. The molecule has 1 amide bonds. The first-order valence-electron chi connectivity index (χ1n) is 6.39. The van der Waals surface area contributed by atoms with Crippen molar-refractivity contribution in [3.05, 3.63) is 45.9 Å². The molecule has 7 heteroatoms. The fraction of sp³-hybridized carbons (Fsp3) is 0.286. The van der Waals surface area contributed by atoms with Crippen molar-refractivity contribution in [3.8, 4) is 5.75 Å². The SMILES string of the molecule is COc1ccc(CN(C)Cc2csc(C(=O)NN)n2)cc1. The number of rotatable bonds is 6. The molecule has 0 radical (unpaired) electrons. The van der Waals surface area contributed by atoms with Crippen LogP contribution >= 0.6 is 11.3 Å². The number of benzene rings is 1. The topological polar surface area (TPSA) is 80.5 Å². The number of aromatic nitrogens is 1. The number of ether oxygens (including phenoxy) is 1. The van der Waals surface area contributed by atoms with Gasteiger partial charge in [-0.3, -0.25) is 15.1 Å². The van der Waals surface area contributed by atoms with Crippen molar-refractivity contribution in [1.82, 2.24) is 15.3 Å². The number of nitrogen functional groups attached to an aromatic ring is 1. The lowest BCUT2D eigenvalue weighted by molar-refractivity contribution is 0.0953. The van der Waals surface area contributed by atoms with Crippen LogP contribution in [-0.2, 0) is 13.1 Å². The monoisotopic (exact) mass is 306 g/mol. The van der Waals surface area contributed by atoms with Crippen molar-refractivity contribution in [2.75, 3.05) is 14.2 Å². The van der Waals surface area contributed by atoms with Gasteiger partial charge in [0, 0.05) is 18.5 Å². The number of nitrogens with one attached hydrogen (secondary N) is 1. The quantitative estimate of drug-likeness (QED) is 0.479. The van der Waals surface area contributed by atoms with Gasteiger partial charge in [0.1, 0.15) is 5.75 Å². The summed E-state index contributed by atoms with van der Waals surface area (Å²) < 4.78 is 5.14. The Morgan fingerprint density at radius 3 is 2.71 bits per heavy atom. The summed E-state index contributed by atoms with van der Waals surface area (Å²) >= 11 is 1.29. The molecule has 0 unspecified atom stereocenters. The van der Waals surface area contributed by atoms with Crippen LogP contribution < -0.4 is 16.0 Å². The molecule has 0 aliphatic heterocycles. The zero-order chi connectivity index (χ0) is 15.2. The van der Waals surface area contributed by atoms with E-state index in [-0.39, 0.29) is 5.91 Å². The van der Waals surface area contributed by atoms with Gasteiger partial charge in [-0.2, -0.15) is 0 Å². The van der Waals surface area contributed by atoms with Crippen LogP contribution in [0.4, 0.5) is 0 Å². The van der Waals surface area contributed by atoms with E-state index in [1.165, 1.54) is 16.9 Å². The van der Waals surface area contributed by atoms with E-state index in [1.807, 2.05) is 36.7 Å². The van der Waals surface area contributed by atoms with Crippen LogP contribution in [0, 0.1) is 0 Å². The molecular weight excluding hydrogens is 288 g/mol. The highest BCUT2D eigenvalue weighted by atomic mass is 32.1. The van der Waals surface area contributed by atoms with Gasteiger partial charge in [-0.05, 0) is 24.7 Å². The number of hydrogen-bond donors (Lipinski definition) is 2. The molecule has 0 saturated heterocycles. The summed E-state index contributed by atoms with van der Waals surface area (Å²) in [5.74, 6) is 5.58. The third-order valence-corrected chi connectivity index (χ3v) is 3.81. The van der Waals surface area contributed by atoms with Crippen molar-refractivity contribution in [3.63, 3.8) is 0 Å². The summed E-state index contributed by atoms with van der Waals surface area (Å²) in [6, 6.07) is 7.94. The standard InChI is InChI=1S/C14H18N4O2S/c1-18(7-10-3-5-12(20-2)6-4-10)8-11-9-21-14(16-11)13(19)17-15/h3-6,9H,7-8,15H2,1-2H3,(H,17,19). The molecular formula is C14H18N4O2S. The number of methoxy groups -OCH3 is 1. The smallest absolute Gasteiger partial charge is 0.294 e. The summed E-state index contributed by atoms with van der Waals surface area (Å²) in [5, 5.41) is 2.25. The van der Waals surface area contributed by atoms with Crippen molar-refractivity contribution in [2.45, 2.75) is 13.1 Å². The fourth-order valence-electron chi connectivity index (χ4n) is 1.92. The number of nitrogens with two attached hydrogens (primary N) is 1. The van der Waals surface area contributed by atoms with Crippen LogP contribution in [0.25, 0.3) is 0 Å². The maximum atomic E-state index is 11.4. The molecule has 21 heavy (non-hydrogen) atoms. The van der Waals surface area contributed by atoms with Gasteiger partial charge < -0.3 is 4.74 Å². The average molecular weight is 306 g/mol. The average Bonchev–Trinajstić information content (AvgIpc) is 2.95. The third kappa shape index (κ3) is 4.25. The minimum absolute atomic E-state index is 0.357. The number of carbonyl (C=O) groups is 1. The van der Waals surface area contributed by atoms with Gasteiger partial charge >= 0.3 is 0 Å². The molecule has 0 saturated carbocycles. The zero-order valence-electron chi connectivity index (χ0n) is 12.0. The second-order valence-corrected chi connectivity index (χ2v) is 5.50. The number of nitrogens with zero attached hydrogens (tertiary/aromatic N) is 2. The number of thiazole rings is 1. The minimum atomic E-state index is -0.357. The lowest BCUT2D eigenvalue weighted by Gasteiger charge is -2.15. The van der Waals surface area contributed by atoms with E-state index in [9.17, 15) is 4.79 Å². The van der Waals surface area contributed by atoms with Crippen LogP contribution in [0.5, 0.6) is 5.75 Å². The molecule has 2 aromatic rings. The van der Waals surface area contributed by atoms with Gasteiger partial charge in [0.2, 0.25) is 0 Å². The van der Waals surface area contributed by atoms with Gasteiger partial charge in [-0.25, -0.2) is 10.8 Å². The first kappa shape index (κ1) is 15.4. The van der Waals surface area contributed by atoms with Gasteiger partial charge in [0.05, 0.1) is 12.8 Å². The number of hydrogen-bond acceptors (Lipinski definition) is 6. The lowest BCUT2D eigenvalue weighted by Crippen LogP contribution is -2.29. The summed E-state index contributed by atoms with van der Waals surface area (Å²) in [6.07, 6.45) is 0. The van der Waals surface area contributed by atoms with Crippen LogP contribution in [-0.4, -0.2) is 29.9 Å². The predicted molar refractivity (Wildman–Crippen MR) is 81.9 cm³/mol. The summed E-state index contributed by atoms with van der Waals surface area (Å²) in [5.41, 5.74) is 4.13. The van der Waals surface area contributed by atoms with E-state index < -0.39 is 0 Å². The Hall–Kier alpha value is -1.96. The molecule has 112 valence electrons. The summed E-state index contributed by atoms with van der Waals surface area (Å²) in [7, 11) is 3.66. The Balaban J connectivity index is 1.92. The van der Waals surface area contributed by atoms with Crippen molar-refractivity contribution >= 4 is 17.2 Å². The fourth-order valence-corrected chi connectivity index (χ4v) is 2.63. The maximum Gasteiger partial charge on any atom is 0.294 e. The Morgan fingerprint density at radius 2 is 2.10 bits per heavy atom. The van der Waals surface area contributed by atoms with Crippen molar-refractivity contribution in [1.29, 1.82) is 0 Å². The van der Waals surface area contributed by atoms with E-state index in [1.54, 1.807) is 7.11 Å². The molecule has 0 bridgehead atoms. The van der Waals surface area contributed by atoms with Gasteiger partial charge in [-0.1, -0.05) is 12.1 Å². The summed E-state index contributed by atoms with van der Waals surface area (Å²) in [6.45, 7) is 1.46. The predicted octanol–water partition coefficient (Wildman–Crippen LogP) is 1.39. The molecule has 3 N–H and O–H groups in total.